The van der Waals surface area contributed by atoms with E-state index in [-0.39, 0.29) is 33.5 Å². The third-order valence-electron chi connectivity index (χ3n) is 3.10. The minimum Gasteiger partial charge on any atom is -0.273 e. The largest absolute Gasteiger partial charge is 0.273 e. The van der Waals surface area contributed by atoms with Crippen molar-refractivity contribution >= 4 is 44.9 Å². The van der Waals surface area contributed by atoms with Crippen LogP contribution in [-0.2, 0) is 14.6 Å². The molecule has 0 aliphatic carbocycles. The van der Waals surface area contributed by atoms with Crippen LogP contribution in [-0.4, -0.2) is 31.7 Å². The molecule has 9 heteroatoms. The zero-order valence-corrected chi connectivity index (χ0v) is 13.1. The van der Waals surface area contributed by atoms with Gasteiger partial charge >= 0.3 is 0 Å². The van der Waals surface area contributed by atoms with Crippen molar-refractivity contribution in [1.82, 2.24) is 10.9 Å². The predicted molar refractivity (Wildman–Crippen MR) is 78.8 cm³/mol. The fourth-order valence-corrected chi connectivity index (χ4v) is 4.10. The number of carbonyl (C=O) groups is 2. The summed E-state index contributed by atoms with van der Waals surface area (Å²) in [6.45, 7) is 0. The van der Waals surface area contributed by atoms with E-state index < -0.39 is 27.6 Å². The highest BCUT2D eigenvalue weighted by Crippen LogP contribution is 2.25. The van der Waals surface area contributed by atoms with Gasteiger partial charge in [0, 0.05) is 0 Å². The van der Waals surface area contributed by atoms with E-state index in [1.807, 2.05) is 0 Å². The van der Waals surface area contributed by atoms with E-state index >= 15 is 0 Å². The lowest BCUT2D eigenvalue weighted by atomic mass is 10.1. The number of amides is 2. The van der Waals surface area contributed by atoms with Crippen LogP contribution in [0.3, 0.4) is 0 Å². The van der Waals surface area contributed by atoms with E-state index in [1.165, 1.54) is 12.1 Å². The van der Waals surface area contributed by atoms with Crippen LogP contribution in [0.2, 0.25) is 10.0 Å². The standard InChI is InChI=1S/C12H12Cl2N2O4S/c13-9-3-1-2-8(10(9)14)12(18)16-15-11(17)7-4-5-21(19,20)6-7/h1-3,7H,4-6H2,(H,15,17)(H,16,18). The van der Waals surface area contributed by atoms with E-state index in [0.29, 0.717) is 0 Å². The molecule has 0 saturated carbocycles. The third-order valence-corrected chi connectivity index (χ3v) is 5.69. The molecule has 1 fully saturated rings. The van der Waals surface area contributed by atoms with Gasteiger partial charge in [0.25, 0.3) is 5.91 Å². The van der Waals surface area contributed by atoms with Gasteiger partial charge in [-0.2, -0.15) is 0 Å². The maximum absolute atomic E-state index is 11.9. The van der Waals surface area contributed by atoms with Crippen LogP contribution in [0.25, 0.3) is 0 Å². The van der Waals surface area contributed by atoms with Crippen LogP contribution in [0.1, 0.15) is 16.8 Å². The van der Waals surface area contributed by atoms with Crippen molar-refractivity contribution in [1.29, 1.82) is 0 Å². The molecular weight excluding hydrogens is 339 g/mol. The number of hydrazine groups is 1. The SMILES string of the molecule is O=C(NNC(=O)C1CCS(=O)(=O)C1)c1cccc(Cl)c1Cl. The monoisotopic (exact) mass is 350 g/mol. The number of rotatable bonds is 2. The highest BCUT2D eigenvalue weighted by Gasteiger charge is 2.33. The number of hydrogen-bond donors (Lipinski definition) is 2. The van der Waals surface area contributed by atoms with Crippen LogP contribution >= 0.6 is 23.2 Å². The van der Waals surface area contributed by atoms with Gasteiger partial charge in [-0.1, -0.05) is 29.3 Å². The average Bonchev–Trinajstić information content (AvgIpc) is 2.79. The topological polar surface area (TPSA) is 92.3 Å². The smallest absolute Gasteiger partial charge is 0.271 e. The summed E-state index contributed by atoms with van der Waals surface area (Å²) in [7, 11) is -3.16. The second-order valence-corrected chi connectivity index (χ2v) is 7.66. The van der Waals surface area contributed by atoms with Crippen molar-refractivity contribution in [3.63, 3.8) is 0 Å². The van der Waals surface area contributed by atoms with E-state index in [2.05, 4.69) is 10.9 Å². The molecule has 6 nitrogen and oxygen atoms in total. The maximum atomic E-state index is 11.9. The second kappa shape index (κ2) is 6.21. The van der Waals surface area contributed by atoms with Crippen molar-refractivity contribution in [3.8, 4) is 0 Å². The van der Waals surface area contributed by atoms with E-state index in [1.54, 1.807) is 6.07 Å². The Morgan fingerprint density at radius 1 is 1.19 bits per heavy atom. The van der Waals surface area contributed by atoms with Crippen molar-refractivity contribution in [2.75, 3.05) is 11.5 Å². The molecule has 0 bridgehead atoms. The molecule has 2 rings (SSSR count). The highest BCUT2D eigenvalue weighted by molar-refractivity contribution is 7.91. The van der Waals surface area contributed by atoms with Crippen molar-refractivity contribution in [2.24, 2.45) is 5.92 Å². The lowest BCUT2D eigenvalue weighted by Gasteiger charge is -2.11. The van der Waals surface area contributed by atoms with Gasteiger partial charge in [-0.25, -0.2) is 8.42 Å². The average molecular weight is 351 g/mol. The Balaban J connectivity index is 1.95. The lowest BCUT2D eigenvalue weighted by molar-refractivity contribution is -0.125. The maximum Gasteiger partial charge on any atom is 0.271 e. The van der Waals surface area contributed by atoms with Gasteiger partial charge in [-0.15, -0.1) is 0 Å². The zero-order valence-electron chi connectivity index (χ0n) is 10.7. The van der Waals surface area contributed by atoms with Gasteiger partial charge in [0.05, 0.1) is 33.0 Å². The summed E-state index contributed by atoms with van der Waals surface area (Å²) in [5.41, 5.74) is 4.51. The minimum atomic E-state index is -3.16. The van der Waals surface area contributed by atoms with Crippen molar-refractivity contribution < 1.29 is 18.0 Å². The molecule has 0 radical (unpaired) electrons. The van der Waals surface area contributed by atoms with Gasteiger partial charge in [0.1, 0.15) is 0 Å². The summed E-state index contributed by atoms with van der Waals surface area (Å²) in [6, 6.07) is 4.53. The third kappa shape index (κ3) is 3.87. The van der Waals surface area contributed by atoms with Crippen LogP contribution in [0.15, 0.2) is 18.2 Å². The van der Waals surface area contributed by atoms with Crippen LogP contribution in [0, 0.1) is 5.92 Å². The molecule has 1 unspecified atom stereocenters. The molecule has 21 heavy (non-hydrogen) atoms. The number of sulfone groups is 1. The Morgan fingerprint density at radius 2 is 1.90 bits per heavy atom. The molecule has 1 aromatic rings. The fraction of sp³-hybridized carbons (Fsp3) is 0.333. The molecule has 1 aliphatic rings. The summed E-state index contributed by atoms with van der Waals surface area (Å²) in [5, 5.41) is 0.298. The van der Waals surface area contributed by atoms with E-state index in [0.717, 1.165) is 0 Å². The Morgan fingerprint density at radius 3 is 2.52 bits per heavy atom. The van der Waals surface area contributed by atoms with Gasteiger partial charge in [0.15, 0.2) is 9.84 Å². The summed E-state index contributed by atoms with van der Waals surface area (Å²) in [5.74, 6) is -2.03. The van der Waals surface area contributed by atoms with Gasteiger partial charge in [0.2, 0.25) is 5.91 Å². The first-order chi connectivity index (χ1) is 9.80. The van der Waals surface area contributed by atoms with Crippen LogP contribution in [0.4, 0.5) is 0 Å². The normalized spacial score (nSPS) is 20.0. The summed E-state index contributed by atoms with van der Waals surface area (Å²) in [4.78, 5) is 23.6. The highest BCUT2D eigenvalue weighted by atomic mass is 35.5. The first kappa shape index (κ1) is 16.1. The predicted octanol–water partition coefficient (Wildman–Crippen LogP) is 1.19. The number of nitrogens with one attached hydrogen (secondary N) is 2. The molecule has 2 amide bonds. The number of halogens is 2. The van der Waals surface area contributed by atoms with Crippen LogP contribution < -0.4 is 10.9 Å². The molecule has 1 saturated heterocycles. The quantitative estimate of drug-likeness (QED) is 0.783. The van der Waals surface area contributed by atoms with E-state index in [4.69, 9.17) is 23.2 Å². The molecule has 1 aromatic carbocycles. The van der Waals surface area contributed by atoms with Gasteiger partial charge < -0.3 is 0 Å². The lowest BCUT2D eigenvalue weighted by Crippen LogP contribution is -2.44. The number of carbonyl (C=O) groups excluding carboxylic acids is 2. The molecular formula is C12H12Cl2N2O4S. The first-order valence-electron chi connectivity index (χ1n) is 6.05. The molecule has 1 atom stereocenters. The van der Waals surface area contributed by atoms with E-state index in [9.17, 15) is 18.0 Å². The van der Waals surface area contributed by atoms with Crippen molar-refractivity contribution in [3.05, 3.63) is 33.8 Å². The second-order valence-electron chi connectivity index (χ2n) is 4.64. The number of hydrogen-bond acceptors (Lipinski definition) is 4. The Bertz CT molecular complexity index is 690. The summed E-state index contributed by atoms with van der Waals surface area (Å²) >= 11 is 11.7. The molecule has 0 aromatic heterocycles. The molecule has 114 valence electrons. The fourth-order valence-electron chi connectivity index (χ4n) is 1.97. The van der Waals surface area contributed by atoms with Crippen LogP contribution in [0.5, 0.6) is 0 Å². The Kier molecular flexibility index (Phi) is 4.75. The molecule has 1 aliphatic heterocycles. The van der Waals surface area contributed by atoms with Gasteiger partial charge in [-0.3, -0.25) is 20.4 Å². The molecule has 0 spiro atoms. The number of benzene rings is 1. The summed E-state index contributed by atoms with van der Waals surface area (Å²) in [6.07, 6.45) is 0.252. The zero-order chi connectivity index (χ0) is 15.6. The first-order valence-corrected chi connectivity index (χ1v) is 8.62. The Hall–Kier alpha value is -1.31. The Labute approximate surface area is 131 Å². The summed E-state index contributed by atoms with van der Waals surface area (Å²) < 4.78 is 22.6. The molecule has 2 N–H and O–H groups in total. The molecule has 1 heterocycles. The van der Waals surface area contributed by atoms with Crippen molar-refractivity contribution in [2.45, 2.75) is 6.42 Å². The van der Waals surface area contributed by atoms with Gasteiger partial charge in [-0.05, 0) is 18.6 Å². The minimum absolute atomic E-state index is 0.0147.